The lowest BCUT2D eigenvalue weighted by Gasteiger charge is -2.26. The lowest BCUT2D eigenvalue weighted by atomic mass is 10.0. The van der Waals surface area contributed by atoms with E-state index in [0.29, 0.717) is 34.8 Å². The van der Waals surface area contributed by atoms with Gasteiger partial charge in [-0.05, 0) is 55.7 Å². The summed E-state index contributed by atoms with van der Waals surface area (Å²) in [6.07, 6.45) is 2.90. The Balaban J connectivity index is 1.10. The maximum absolute atomic E-state index is 15.3. The molecule has 47 heavy (non-hydrogen) atoms. The van der Waals surface area contributed by atoms with Crippen LogP contribution < -0.4 is 24.8 Å². The number of aromatic hydroxyl groups is 1. The fraction of sp³-hybridized carbons (Fsp3) is 0.324. The number of hydrogen-bond acceptors (Lipinski definition) is 9. The van der Waals surface area contributed by atoms with E-state index in [1.54, 1.807) is 24.4 Å². The standard InChI is InChI=1S/C34H34F2N4O7/c1-44-30-19-23-26(20-31(30)46-14-2-11-40-12-15-45-16-13-40)37-10-7-28(23)47-29-6-4-22(18-24(29)36)38-32(42)34(8-9-34)33(43)39-25-5-3-21(35)17-27(25)41/h3-7,10,17-20,41H,2,8-9,11-16H2,1H3,(H,38,42)(H,39,43). The summed E-state index contributed by atoms with van der Waals surface area (Å²) in [7, 11) is 1.54. The molecule has 0 spiro atoms. The van der Waals surface area contributed by atoms with Gasteiger partial charge in [-0.15, -0.1) is 0 Å². The Morgan fingerprint density at radius 1 is 0.957 bits per heavy atom. The molecule has 1 saturated heterocycles. The summed E-state index contributed by atoms with van der Waals surface area (Å²) in [5.41, 5.74) is -0.724. The second-order valence-corrected chi connectivity index (χ2v) is 11.4. The Morgan fingerprint density at radius 2 is 1.74 bits per heavy atom. The van der Waals surface area contributed by atoms with E-state index in [1.165, 1.54) is 25.3 Å². The highest BCUT2D eigenvalue weighted by Gasteiger charge is 2.56. The largest absolute Gasteiger partial charge is 0.506 e. The second-order valence-electron chi connectivity index (χ2n) is 11.4. The molecule has 2 aliphatic rings. The third-order valence-electron chi connectivity index (χ3n) is 8.20. The number of aromatic nitrogens is 1. The molecule has 4 aromatic rings. The normalized spacial score (nSPS) is 15.6. The second kappa shape index (κ2) is 13.8. The van der Waals surface area contributed by atoms with Crippen molar-refractivity contribution in [3.05, 3.63) is 72.4 Å². The van der Waals surface area contributed by atoms with Crippen molar-refractivity contribution >= 4 is 34.1 Å². The number of halogens is 2. The number of carbonyl (C=O) groups excluding carboxylic acids is 2. The van der Waals surface area contributed by atoms with E-state index in [2.05, 4.69) is 20.5 Å². The molecule has 0 bridgehead atoms. The number of benzene rings is 3. The van der Waals surface area contributed by atoms with Crippen LogP contribution in [0.2, 0.25) is 0 Å². The molecule has 246 valence electrons. The molecule has 1 saturated carbocycles. The minimum atomic E-state index is -1.40. The van der Waals surface area contributed by atoms with Gasteiger partial charge in [-0.2, -0.15) is 0 Å². The van der Waals surface area contributed by atoms with Crippen molar-refractivity contribution in [1.29, 1.82) is 0 Å². The Morgan fingerprint density at radius 3 is 2.47 bits per heavy atom. The van der Waals surface area contributed by atoms with Crippen LogP contribution in [0.5, 0.6) is 28.7 Å². The number of methoxy groups -OCH3 is 1. The Hall–Kier alpha value is -5.01. The Kier molecular flexibility index (Phi) is 9.36. The lowest BCUT2D eigenvalue weighted by Crippen LogP contribution is -2.37. The van der Waals surface area contributed by atoms with Gasteiger partial charge in [0, 0.05) is 55.1 Å². The molecule has 1 aromatic heterocycles. The first-order chi connectivity index (χ1) is 22.8. The van der Waals surface area contributed by atoms with E-state index >= 15 is 4.39 Å². The molecule has 0 unspecified atom stereocenters. The van der Waals surface area contributed by atoms with Gasteiger partial charge in [0.1, 0.15) is 22.7 Å². The molecule has 11 nitrogen and oxygen atoms in total. The molecule has 3 aromatic carbocycles. The maximum Gasteiger partial charge on any atom is 0.240 e. The molecule has 2 heterocycles. The van der Waals surface area contributed by atoms with E-state index in [4.69, 9.17) is 18.9 Å². The van der Waals surface area contributed by atoms with Crippen LogP contribution in [0.25, 0.3) is 10.9 Å². The van der Waals surface area contributed by atoms with Gasteiger partial charge in [-0.25, -0.2) is 8.78 Å². The molecule has 3 N–H and O–H groups in total. The topological polar surface area (TPSA) is 131 Å². The van der Waals surface area contributed by atoms with Crippen LogP contribution in [0.1, 0.15) is 19.3 Å². The lowest BCUT2D eigenvalue weighted by molar-refractivity contribution is -0.131. The number of fused-ring (bicyclic) bond motifs is 1. The number of morpholine rings is 1. The maximum atomic E-state index is 15.3. The minimum Gasteiger partial charge on any atom is -0.506 e. The number of phenolic OH excluding ortho intramolecular Hbond substituents is 1. The van der Waals surface area contributed by atoms with E-state index in [9.17, 15) is 19.1 Å². The third-order valence-corrected chi connectivity index (χ3v) is 8.20. The van der Waals surface area contributed by atoms with Gasteiger partial charge in [0.25, 0.3) is 0 Å². The first kappa shape index (κ1) is 32.0. The van der Waals surface area contributed by atoms with Crippen LogP contribution in [-0.4, -0.2) is 73.4 Å². The quantitative estimate of drug-likeness (QED) is 0.104. The smallest absolute Gasteiger partial charge is 0.240 e. The highest BCUT2D eigenvalue weighted by Crippen LogP contribution is 2.48. The zero-order valence-electron chi connectivity index (χ0n) is 25.7. The molecule has 2 fully saturated rings. The SMILES string of the molecule is COc1cc2c(Oc3ccc(NC(=O)C4(C(=O)Nc5ccc(F)cc5O)CC4)cc3F)ccnc2cc1OCCCN1CCOCC1. The molecular formula is C34H34F2N4O7. The monoisotopic (exact) mass is 648 g/mol. The van der Waals surface area contributed by atoms with Gasteiger partial charge in [0.05, 0.1) is 38.1 Å². The van der Waals surface area contributed by atoms with Crippen molar-refractivity contribution < 1.29 is 42.4 Å². The van der Waals surface area contributed by atoms with Crippen molar-refractivity contribution in [1.82, 2.24) is 9.88 Å². The first-order valence-corrected chi connectivity index (χ1v) is 15.2. The fourth-order valence-electron chi connectivity index (χ4n) is 5.35. The van der Waals surface area contributed by atoms with Crippen LogP contribution in [-0.2, 0) is 14.3 Å². The molecule has 1 aliphatic heterocycles. The van der Waals surface area contributed by atoms with E-state index in [0.717, 1.165) is 57.5 Å². The number of phenols is 1. The number of nitrogens with zero attached hydrogens (tertiary/aromatic N) is 2. The van der Waals surface area contributed by atoms with Gasteiger partial charge in [-0.3, -0.25) is 19.5 Å². The molecule has 13 heteroatoms. The number of amides is 2. The van der Waals surface area contributed by atoms with Crippen molar-refractivity contribution in [3.63, 3.8) is 0 Å². The summed E-state index contributed by atoms with van der Waals surface area (Å²) in [4.78, 5) is 32.7. The molecule has 0 atom stereocenters. The highest BCUT2D eigenvalue weighted by molar-refractivity contribution is 6.17. The van der Waals surface area contributed by atoms with Crippen LogP contribution >= 0.6 is 0 Å². The predicted octanol–water partition coefficient (Wildman–Crippen LogP) is 5.48. The van der Waals surface area contributed by atoms with Crippen molar-refractivity contribution in [3.8, 4) is 28.7 Å². The highest BCUT2D eigenvalue weighted by atomic mass is 19.1. The van der Waals surface area contributed by atoms with Crippen LogP contribution in [0, 0.1) is 17.0 Å². The van der Waals surface area contributed by atoms with Crippen molar-refractivity contribution in [2.24, 2.45) is 5.41 Å². The van der Waals surface area contributed by atoms with Crippen LogP contribution in [0.15, 0.2) is 60.8 Å². The average Bonchev–Trinajstić information content (AvgIpc) is 3.88. The minimum absolute atomic E-state index is 0.0208. The molecule has 1 aliphatic carbocycles. The van der Waals surface area contributed by atoms with Gasteiger partial charge in [0.2, 0.25) is 11.8 Å². The number of pyridine rings is 1. The number of carbonyl (C=O) groups is 2. The average molecular weight is 649 g/mol. The zero-order valence-corrected chi connectivity index (χ0v) is 25.7. The molecule has 6 rings (SSSR count). The first-order valence-electron chi connectivity index (χ1n) is 15.2. The number of anilines is 2. The number of rotatable bonds is 12. The summed E-state index contributed by atoms with van der Waals surface area (Å²) in [5, 5.41) is 15.5. The van der Waals surface area contributed by atoms with Gasteiger partial charge in [0.15, 0.2) is 23.1 Å². The fourth-order valence-corrected chi connectivity index (χ4v) is 5.35. The Labute approximate surface area is 269 Å². The number of nitrogens with one attached hydrogen (secondary N) is 2. The van der Waals surface area contributed by atoms with E-state index < -0.39 is 34.6 Å². The summed E-state index contributed by atoms with van der Waals surface area (Å²) in [5.74, 6) is -1.90. The third kappa shape index (κ3) is 7.21. The van der Waals surface area contributed by atoms with Gasteiger partial charge in [-0.1, -0.05) is 0 Å². The molecular weight excluding hydrogens is 614 g/mol. The summed E-state index contributed by atoms with van der Waals surface area (Å²) in [6.45, 7) is 4.71. The zero-order chi connectivity index (χ0) is 33.0. The van der Waals surface area contributed by atoms with Crippen LogP contribution in [0.3, 0.4) is 0 Å². The summed E-state index contributed by atoms with van der Waals surface area (Å²) < 4.78 is 51.5. The number of ether oxygens (including phenoxy) is 4. The van der Waals surface area contributed by atoms with E-state index in [1.807, 2.05) is 0 Å². The van der Waals surface area contributed by atoms with E-state index in [-0.39, 0.29) is 30.0 Å². The van der Waals surface area contributed by atoms with Gasteiger partial charge < -0.3 is 34.7 Å². The van der Waals surface area contributed by atoms with Gasteiger partial charge >= 0.3 is 0 Å². The predicted molar refractivity (Wildman–Crippen MR) is 169 cm³/mol. The van der Waals surface area contributed by atoms with Crippen molar-refractivity contribution in [2.75, 3.05) is 57.2 Å². The summed E-state index contributed by atoms with van der Waals surface area (Å²) in [6, 6.07) is 12.2. The Bertz CT molecular complexity index is 1790. The molecule has 0 radical (unpaired) electrons. The van der Waals surface area contributed by atoms with Crippen LogP contribution in [0.4, 0.5) is 20.2 Å². The number of hydrogen-bond donors (Lipinski definition) is 3. The summed E-state index contributed by atoms with van der Waals surface area (Å²) >= 11 is 0. The van der Waals surface area contributed by atoms with Crippen molar-refractivity contribution in [2.45, 2.75) is 19.3 Å². The molecule has 2 amide bonds.